The summed E-state index contributed by atoms with van der Waals surface area (Å²) in [5.41, 5.74) is 6.36. The van der Waals surface area contributed by atoms with Gasteiger partial charge in [-0.25, -0.2) is 4.39 Å². The Labute approximate surface area is 122 Å². The summed E-state index contributed by atoms with van der Waals surface area (Å²) >= 11 is 1.50. The molecule has 2 rings (SSSR count). The summed E-state index contributed by atoms with van der Waals surface area (Å²) in [6.07, 6.45) is 0.744. The molecule has 0 spiro atoms. The van der Waals surface area contributed by atoms with Gasteiger partial charge in [0.15, 0.2) is 0 Å². The van der Waals surface area contributed by atoms with E-state index in [1.165, 1.54) is 24.9 Å². The monoisotopic (exact) mass is 298 g/mol. The van der Waals surface area contributed by atoms with E-state index >= 15 is 0 Å². The maximum atomic E-state index is 13.7. The summed E-state index contributed by atoms with van der Waals surface area (Å²) in [5.74, 6) is 0.460. The number of hydrogen-bond donors (Lipinski definition) is 2. The number of nitrogens with two attached hydrogens (primary N) is 1. The van der Waals surface area contributed by atoms with Crippen LogP contribution >= 0.6 is 11.8 Å². The zero-order chi connectivity index (χ0) is 14.5. The average molecular weight is 298 g/mol. The quantitative estimate of drug-likeness (QED) is 0.870. The second kappa shape index (κ2) is 7.06. The molecule has 3 N–H and O–H groups in total. The van der Waals surface area contributed by atoms with Crippen molar-refractivity contribution >= 4 is 17.7 Å². The van der Waals surface area contributed by atoms with Crippen molar-refractivity contribution in [2.75, 3.05) is 19.4 Å². The number of nitrogens with one attached hydrogen (secondary N) is 1. The first kappa shape index (κ1) is 15.3. The summed E-state index contributed by atoms with van der Waals surface area (Å²) in [4.78, 5) is 12.6. The van der Waals surface area contributed by atoms with Crippen LogP contribution in [0.25, 0.3) is 0 Å². The molecule has 1 aliphatic heterocycles. The molecule has 1 aromatic carbocycles. The number of ether oxygens (including phenoxy) is 1. The predicted octanol–water partition coefficient (Wildman–Crippen LogP) is 1.84. The molecule has 2 unspecified atom stereocenters. The smallest absolute Gasteiger partial charge is 0.223 e. The van der Waals surface area contributed by atoms with Crippen LogP contribution in [0.15, 0.2) is 23.1 Å². The van der Waals surface area contributed by atoms with Crippen LogP contribution in [0.4, 0.5) is 4.39 Å². The molecule has 110 valence electrons. The topological polar surface area (TPSA) is 64.3 Å². The van der Waals surface area contributed by atoms with Gasteiger partial charge in [0.05, 0.1) is 18.6 Å². The molecule has 1 heterocycles. The van der Waals surface area contributed by atoms with Crippen LogP contribution in [0.3, 0.4) is 0 Å². The molecular formula is C14H19FN2O2S. The average Bonchev–Trinajstić information content (AvgIpc) is 2.46. The van der Waals surface area contributed by atoms with Crippen molar-refractivity contribution in [1.82, 2.24) is 5.32 Å². The van der Waals surface area contributed by atoms with Crippen LogP contribution in [0.2, 0.25) is 0 Å². The number of carbonyl (C=O) groups excluding carboxylic acids is 1. The summed E-state index contributed by atoms with van der Waals surface area (Å²) in [5, 5.41) is 2.95. The van der Waals surface area contributed by atoms with E-state index in [1.807, 2.05) is 6.07 Å². The molecule has 0 saturated heterocycles. The van der Waals surface area contributed by atoms with Crippen LogP contribution in [0, 0.1) is 5.82 Å². The molecule has 0 saturated carbocycles. The summed E-state index contributed by atoms with van der Waals surface area (Å²) in [7, 11) is 1.53. The van der Waals surface area contributed by atoms with E-state index < -0.39 is 0 Å². The van der Waals surface area contributed by atoms with Gasteiger partial charge in [0.2, 0.25) is 5.91 Å². The molecule has 6 heteroatoms. The molecule has 0 aliphatic carbocycles. The van der Waals surface area contributed by atoms with Gasteiger partial charge in [-0.05, 0) is 18.1 Å². The first-order chi connectivity index (χ1) is 9.65. The number of benzene rings is 1. The van der Waals surface area contributed by atoms with Gasteiger partial charge in [0.1, 0.15) is 5.82 Å². The van der Waals surface area contributed by atoms with Crippen LogP contribution in [0.5, 0.6) is 0 Å². The minimum Gasteiger partial charge on any atom is -0.380 e. The Kier molecular flexibility index (Phi) is 5.39. The maximum Gasteiger partial charge on any atom is 0.223 e. The lowest BCUT2D eigenvalue weighted by Gasteiger charge is -2.26. The van der Waals surface area contributed by atoms with Crippen molar-refractivity contribution in [2.45, 2.75) is 29.9 Å². The first-order valence-corrected chi connectivity index (χ1v) is 7.57. The Balaban J connectivity index is 2.05. The lowest BCUT2D eigenvalue weighted by atomic mass is 10.0. The number of carbonyl (C=O) groups is 1. The van der Waals surface area contributed by atoms with E-state index in [1.54, 1.807) is 6.07 Å². The molecule has 1 amide bonds. The Morgan fingerprint density at radius 3 is 3.15 bits per heavy atom. The van der Waals surface area contributed by atoms with Crippen LogP contribution < -0.4 is 11.1 Å². The third kappa shape index (κ3) is 3.50. The van der Waals surface area contributed by atoms with Crippen LogP contribution in [-0.2, 0) is 9.53 Å². The molecule has 0 bridgehead atoms. The van der Waals surface area contributed by atoms with E-state index in [9.17, 15) is 9.18 Å². The SMILES string of the molecule is COC(CN)CC(=O)NC1CCSc2c(F)cccc21. The van der Waals surface area contributed by atoms with E-state index in [0.29, 0.717) is 11.4 Å². The van der Waals surface area contributed by atoms with Gasteiger partial charge < -0.3 is 15.8 Å². The summed E-state index contributed by atoms with van der Waals surface area (Å²) in [6, 6.07) is 4.86. The van der Waals surface area contributed by atoms with Crippen molar-refractivity contribution in [3.8, 4) is 0 Å². The normalized spacial score (nSPS) is 19.2. The van der Waals surface area contributed by atoms with Gasteiger partial charge in [-0.2, -0.15) is 0 Å². The fourth-order valence-electron chi connectivity index (χ4n) is 2.26. The highest BCUT2D eigenvalue weighted by atomic mass is 32.2. The second-order valence-corrected chi connectivity index (χ2v) is 5.82. The Morgan fingerprint density at radius 1 is 1.65 bits per heavy atom. The molecular weight excluding hydrogens is 279 g/mol. The van der Waals surface area contributed by atoms with Crippen molar-refractivity contribution in [3.63, 3.8) is 0 Å². The Hall–Kier alpha value is -1.11. The summed E-state index contributed by atoms with van der Waals surface area (Å²) in [6.45, 7) is 0.301. The molecule has 1 aliphatic rings. The van der Waals surface area contributed by atoms with Crippen molar-refractivity contribution in [1.29, 1.82) is 0 Å². The fraction of sp³-hybridized carbons (Fsp3) is 0.500. The standard InChI is InChI=1S/C14H19FN2O2S/c1-19-9(8-16)7-13(18)17-12-5-6-20-14-10(12)3-2-4-11(14)15/h2-4,9,12H,5-8,16H2,1H3,(H,17,18). The number of fused-ring (bicyclic) bond motifs is 1. The third-order valence-corrected chi connectivity index (χ3v) is 4.53. The van der Waals surface area contributed by atoms with Gasteiger partial charge in [0, 0.05) is 24.3 Å². The highest BCUT2D eigenvalue weighted by molar-refractivity contribution is 7.99. The van der Waals surface area contributed by atoms with Crippen molar-refractivity contribution in [3.05, 3.63) is 29.6 Å². The Bertz CT molecular complexity index is 480. The Morgan fingerprint density at radius 2 is 2.45 bits per heavy atom. The molecule has 2 atom stereocenters. The lowest BCUT2D eigenvalue weighted by molar-refractivity contribution is -0.124. The van der Waals surface area contributed by atoms with E-state index in [0.717, 1.165) is 17.7 Å². The van der Waals surface area contributed by atoms with E-state index in [4.69, 9.17) is 10.5 Å². The van der Waals surface area contributed by atoms with Gasteiger partial charge in [-0.1, -0.05) is 12.1 Å². The van der Waals surface area contributed by atoms with Gasteiger partial charge in [0.25, 0.3) is 0 Å². The predicted molar refractivity (Wildman–Crippen MR) is 77.1 cm³/mol. The van der Waals surface area contributed by atoms with Gasteiger partial charge >= 0.3 is 0 Å². The molecule has 4 nitrogen and oxygen atoms in total. The van der Waals surface area contributed by atoms with Crippen molar-refractivity contribution < 1.29 is 13.9 Å². The third-order valence-electron chi connectivity index (χ3n) is 3.37. The fourth-order valence-corrected chi connectivity index (χ4v) is 3.40. The lowest BCUT2D eigenvalue weighted by Crippen LogP contribution is -2.35. The highest BCUT2D eigenvalue weighted by Crippen LogP contribution is 2.37. The number of rotatable bonds is 5. The number of halogens is 1. The van der Waals surface area contributed by atoms with Gasteiger partial charge in [-0.15, -0.1) is 11.8 Å². The number of methoxy groups -OCH3 is 1. The summed E-state index contributed by atoms with van der Waals surface area (Å²) < 4.78 is 18.8. The van der Waals surface area contributed by atoms with Crippen LogP contribution in [0.1, 0.15) is 24.4 Å². The van der Waals surface area contributed by atoms with E-state index in [2.05, 4.69) is 5.32 Å². The number of thioether (sulfide) groups is 1. The minimum atomic E-state index is -0.278. The first-order valence-electron chi connectivity index (χ1n) is 6.59. The van der Waals surface area contributed by atoms with E-state index in [-0.39, 0.29) is 30.3 Å². The van der Waals surface area contributed by atoms with Crippen LogP contribution in [-0.4, -0.2) is 31.4 Å². The second-order valence-electron chi connectivity index (χ2n) is 4.71. The molecule has 20 heavy (non-hydrogen) atoms. The number of amides is 1. The van der Waals surface area contributed by atoms with Gasteiger partial charge in [-0.3, -0.25) is 4.79 Å². The zero-order valence-electron chi connectivity index (χ0n) is 11.4. The largest absolute Gasteiger partial charge is 0.380 e. The zero-order valence-corrected chi connectivity index (χ0v) is 12.2. The molecule has 0 radical (unpaired) electrons. The number of hydrogen-bond acceptors (Lipinski definition) is 4. The minimum absolute atomic E-state index is 0.116. The molecule has 0 fully saturated rings. The maximum absolute atomic E-state index is 13.7. The molecule has 0 aromatic heterocycles. The molecule has 1 aromatic rings. The highest BCUT2D eigenvalue weighted by Gasteiger charge is 2.25. The van der Waals surface area contributed by atoms with Crippen molar-refractivity contribution in [2.24, 2.45) is 5.73 Å².